The second-order valence-corrected chi connectivity index (χ2v) is 4.50. The SMILES string of the molecule is CC(O)C(C)(C)Nc1ncnc(Cl)c1[N+](=O)[O-]. The van der Waals surface area contributed by atoms with Crippen molar-refractivity contribution in [2.24, 2.45) is 0 Å². The summed E-state index contributed by atoms with van der Waals surface area (Å²) < 4.78 is 0. The van der Waals surface area contributed by atoms with Crippen molar-refractivity contribution >= 4 is 23.1 Å². The van der Waals surface area contributed by atoms with Gasteiger partial charge in [-0.1, -0.05) is 11.6 Å². The summed E-state index contributed by atoms with van der Waals surface area (Å²) in [5.41, 5.74) is -1.18. The zero-order valence-electron chi connectivity index (χ0n) is 9.64. The van der Waals surface area contributed by atoms with Crippen molar-refractivity contribution in [2.75, 3.05) is 5.32 Å². The van der Waals surface area contributed by atoms with Gasteiger partial charge in [-0.3, -0.25) is 10.1 Å². The number of anilines is 1. The Morgan fingerprint density at radius 1 is 1.59 bits per heavy atom. The van der Waals surface area contributed by atoms with Crippen LogP contribution in [-0.2, 0) is 0 Å². The molecule has 1 aromatic rings. The molecule has 0 aliphatic heterocycles. The molecule has 1 rings (SSSR count). The summed E-state index contributed by atoms with van der Waals surface area (Å²) >= 11 is 5.64. The summed E-state index contributed by atoms with van der Waals surface area (Å²) in [4.78, 5) is 17.5. The van der Waals surface area contributed by atoms with E-state index >= 15 is 0 Å². The van der Waals surface area contributed by atoms with Gasteiger partial charge < -0.3 is 10.4 Å². The van der Waals surface area contributed by atoms with Crippen LogP contribution >= 0.6 is 11.6 Å². The topological polar surface area (TPSA) is 101 Å². The van der Waals surface area contributed by atoms with Gasteiger partial charge in [0.05, 0.1) is 16.6 Å². The summed E-state index contributed by atoms with van der Waals surface area (Å²) in [5, 5.41) is 22.9. The Hall–Kier alpha value is -1.47. The highest BCUT2D eigenvalue weighted by Crippen LogP contribution is 2.30. The molecule has 0 aliphatic carbocycles. The molecule has 1 unspecified atom stereocenters. The molecule has 0 saturated heterocycles. The standard InChI is InChI=1S/C9H13ClN4O3/c1-5(15)9(2,3)13-8-6(14(16)17)7(10)11-4-12-8/h4-5,15H,1-3H3,(H,11,12,13). The Morgan fingerprint density at radius 2 is 2.18 bits per heavy atom. The molecule has 8 heteroatoms. The van der Waals surface area contributed by atoms with E-state index in [9.17, 15) is 15.2 Å². The second kappa shape index (κ2) is 4.80. The first-order chi connectivity index (χ1) is 7.75. The molecule has 0 spiro atoms. The molecule has 0 saturated carbocycles. The van der Waals surface area contributed by atoms with Gasteiger partial charge in [0.25, 0.3) is 0 Å². The molecule has 7 nitrogen and oxygen atoms in total. The Bertz CT molecular complexity index is 436. The number of nitrogens with zero attached hydrogens (tertiary/aromatic N) is 3. The molecule has 0 bridgehead atoms. The van der Waals surface area contributed by atoms with E-state index in [0.29, 0.717) is 0 Å². The molecule has 0 amide bonds. The Labute approximate surface area is 103 Å². The minimum atomic E-state index is -0.775. The fourth-order valence-electron chi connectivity index (χ4n) is 1.02. The minimum absolute atomic E-state index is 0.0131. The smallest absolute Gasteiger partial charge is 0.348 e. The number of nitrogens with one attached hydrogen (secondary N) is 1. The van der Waals surface area contributed by atoms with Crippen LogP contribution in [0.5, 0.6) is 0 Å². The lowest BCUT2D eigenvalue weighted by molar-refractivity contribution is -0.384. The Morgan fingerprint density at radius 3 is 2.65 bits per heavy atom. The monoisotopic (exact) mass is 260 g/mol. The van der Waals surface area contributed by atoms with Crippen molar-refractivity contribution in [3.8, 4) is 0 Å². The summed E-state index contributed by atoms with van der Waals surface area (Å²) in [6.07, 6.45) is 0.395. The van der Waals surface area contributed by atoms with E-state index in [1.54, 1.807) is 20.8 Å². The van der Waals surface area contributed by atoms with Gasteiger partial charge in [0.2, 0.25) is 11.0 Å². The van der Waals surface area contributed by atoms with Gasteiger partial charge in [-0.25, -0.2) is 9.97 Å². The first-order valence-corrected chi connectivity index (χ1v) is 5.24. The zero-order chi connectivity index (χ0) is 13.2. The summed E-state index contributed by atoms with van der Waals surface area (Å²) in [6.45, 7) is 4.95. The third-order valence-electron chi connectivity index (χ3n) is 2.45. The van der Waals surface area contributed by atoms with Crippen molar-refractivity contribution < 1.29 is 10.0 Å². The molecular weight excluding hydrogens is 248 g/mol. The number of rotatable bonds is 4. The second-order valence-electron chi connectivity index (χ2n) is 4.14. The van der Waals surface area contributed by atoms with Gasteiger partial charge in [-0.05, 0) is 20.8 Å². The van der Waals surface area contributed by atoms with E-state index in [4.69, 9.17) is 11.6 Å². The molecule has 0 aromatic carbocycles. The predicted molar refractivity (Wildman–Crippen MR) is 63.1 cm³/mol. The number of aliphatic hydroxyl groups excluding tert-OH is 1. The average molecular weight is 261 g/mol. The van der Waals surface area contributed by atoms with Crippen molar-refractivity contribution in [3.63, 3.8) is 0 Å². The van der Waals surface area contributed by atoms with Crippen LogP contribution in [0.1, 0.15) is 20.8 Å². The van der Waals surface area contributed by atoms with Crippen LogP contribution in [0.15, 0.2) is 6.33 Å². The highest BCUT2D eigenvalue weighted by Gasteiger charge is 2.29. The van der Waals surface area contributed by atoms with Crippen molar-refractivity contribution in [1.29, 1.82) is 0 Å². The molecule has 17 heavy (non-hydrogen) atoms. The van der Waals surface area contributed by atoms with Crippen molar-refractivity contribution in [1.82, 2.24) is 9.97 Å². The van der Waals surface area contributed by atoms with Crippen LogP contribution in [0.3, 0.4) is 0 Å². The summed E-state index contributed by atoms with van der Waals surface area (Å²) in [7, 11) is 0. The van der Waals surface area contributed by atoms with Crippen LogP contribution in [0, 0.1) is 10.1 Å². The van der Waals surface area contributed by atoms with E-state index in [1.165, 1.54) is 0 Å². The summed E-state index contributed by atoms with van der Waals surface area (Å²) in [5.74, 6) is -0.0131. The highest BCUT2D eigenvalue weighted by molar-refractivity contribution is 6.31. The van der Waals surface area contributed by atoms with Gasteiger partial charge in [0.1, 0.15) is 6.33 Å². The van der Waals surface area contributed by atoms with E-state index in [1.807, 2.05) is 0 Å². The zero-order valence-corrected chi connectivity index (χ0v) is 10.4. The molecular formula is C9H13ClN4O3. The van der Waals surface area contributed by atoms with E-state index in [2.05, 4.69) is 15.3 Å². The van der Waals surface area contributed by atoms with Gasteiger partial charge >= 0.3 is 5.69 Å². The molecule has 0 radical (unpaired) electrons. The van der Waals surface area contributed by atoms with Crippen LogP contribution in [0.25, 0.3) is 0 Å². The largest absolute Gasteiger partial charge is 0.391 e. The average Bonchev–Trinajstić information content (AvgIpc) is 2.15. The number of aliphatic hydroxyl groups is 1. The number of halogens is 1. The summed E-state index contributed by atoms with van der Waals surface area (Å²) in [6, 6.07) is 0. The number of nitro groups is 1. The molecule has 1 heterocycles. The Kier molecular flexibility index (Phi) is 3.84. The lowest BCUT2D eigenvalue weighted by Gasteiger charge is -2.29. The van der Waals surface area contributed by atoms with Crippen molar-refractivity contribution in [3.05, 3.63) is 21.6 Å². The lowest BCUT2D eigenvalue weighted by Crippen LogP contribution is -2.42. The quantitative estimate of drug-likeness (QED) is 0.484. The fourth-order valence-corrected chi connectivity index (χ4v) is 1.22. The highest BCUT2D eigenvalue weighted by atomic mass is 35.5. The van der Waals surface area contributed by atoms with Crippen LogP contribution < -0.4 is 5.32 Å². The molecule has 94 valence electrons. The fraction of sp³-hybridized carbons (Fsp3) is 0.556. The van der Waals surface area contributed by atoms with E-state index in [-0.39, 0.29) is 11.0 Å². The van der Waals surface area contributed by atoms with E-state index in [0.717, 1.165) is 6.33 Å². The van der Waals surface area contributed by atoms with Crippen LogP contribution in [-0.4, -0.2) is 31.6 Å². The molecule has 2 N–H and O–H groups in total. The number of hydrogen-bond acceptors (Lipinski definition) is 6. The predicted octanol–water partition coefficient (Wildman–Crippen LogP) is 1.61. The van der Waals surface area contributed by atoms with Crippen molar-refractivity contribution in [2.45, 2.75) is 32.4 Å². The minimum Gasteiger partial charge on any atom is -0.391 e. The maximum absolute atomic E-state index is 10.8. The van der Waals surface area contributed by atoms with Gasteiger partial charge in [0, 0.05) is 0 Å². The molecule has 1 atom stereocenters. The normalized spacial score (nSPS) is 13.2. The van der Waals surface area contributed by atoms with Crippen LogP contribution in [0.2, 0.25) is 5.15 Å². The maximum Gasteiger partial charge on any atom is 0.348 e. The molecule has 0 aliphatic rings. The number of hydrogen-bond donors (Lipinski definition) is 2. The van der Waals surface area contributed by atoms with Gasteiger partial charge in [0.15, 0.2) is 0 Å². The third-order valence-corrected chi connectivity index (χ3v) is 2.72. The number of aromatic nitrogens is 2. The first kappa shape index (κ1) is 13.6. The first-order valence-electron chi connectivity index (χ1n) is 4.87. The maximum atomic E-state index is 10.8. The molecule has 0 fully saturated rings. The van der Waals surface area contributed by atoms with Crippen LogP contribution in [0.4, 0.5) is 11.5 Å². The van der Waals surface area contributed by atoms with E-state index < -0.39 is 22.3 Å². The third kappa shape index (κ3) is 3.01. The van der Waals surface area contributed by atoms with Gasteiger partial charge in [-0.15, -0.1) is 0 Å². The van der Waals surface area contributed by atoms with Gasteiger partial charge in [-0.2, -0.15) is 0 Å². The lowest BCUT2D eigenvalue weighted by atomic mass is 9.99. The molecule has 1 aromatic heterocycles. The Balaban J connectivity index is 3.15.